The van der Waals surface area contributed by atoms with Crippen molar-refractivity contribution < 1.29 is 44.5 Å². The van der Waals surface area contributed by atoms with Crippen LogP contribution in [0.25, 0.3) is 6.08 Å². The summed E-state index contributed by atoms with van der Waals surface area (Å²) in [4.78, 5) is 12.0. The number of rotatable bonds is 7. The van der Waals surface area contributed by atoms with Crippen molar-refractivity contribution in [2.75, 3.05) is 6.61 Å². The third kappa shape index (κ3) is 6.07. The Morgan fingerprint density at radius 2 is 1.79 bits per heavy atom. The summed E-state index contributed by atoms with van der Waals surface area (Å²) in [6.07, 6.45) is -6.31. The van der Waals surface area contributed by atoms with Crippen LogP contribution in [0.2, 0.25) is 0 Å². The van der Waals surface area contributed by atoms with Crippen LogP contribution in [0.1, 0.15) is 17.2 Å². The molecule has 1 fully saturated rings. The van der Waals surface area contributed by atoms with Gasteiger partial charge in [-0.1, -0.05) is 36.4 Å². The molecule has 5 unspecified atom stereocenters. The summed E-state index contributed by atoms with van der Waals surface area (Å²) in [6.45, 7) is -0.475. The molecule has 0 bridgehead atoms. The first-order chi connectivity index (χ1) is 15.8. The van der Waals surface area contributed by atoms with E-state index in [0.717, 1.165) is 6.08 Å². The minimum Gasteiger partial charge on any atom is -0.504 e. The van der Waals surface area contributed by atoms with Crippen molar-refractivity contribution in [2.45, 2.75) is 36.8 Å². The van der Waals surface area contributed by atoms with Crippen LogP contribution in [-0.2, 0) is 19.0 Å². The van der Waals surface area contributed by atoms with E-state index in [2.05, 4.69) is 0 Å². The van der Waals surface area contributed by atoms with E-state index in [1.54, 1.807) is 30.3 Å². The first-order valence-electron chi connectivity index (χ1n) is 9.96. The second-order valence-corrected chi connectivity index (χ2v) is 7.28. The van der Waals surface area contributed by atoms with E-state index in [4.69, 9.17) is 14.2 Å². The number of ether oxygens (including phenoxy) is 3. The third-order valence-corrected chi connectivity index (χ3v) is 4.96. The lowest BCUT2D eigenvalue weighted by atomic mass is 9.99. The Hall–Kier alpha value is -3.46. The average Bonchev–Trinajstić information content (AvgIpc) is 2.82. The highest BCUT2D eigenvalue weighted by Crippen LogP contribution is 2.28. The highest BCUT2D eigenvalue weighted by atomic mass is 16.7. The monoisotopic (exact) mass is 457 g/mol. The van der Waals surface area contributed by atoms with Crippen molar-refractivity contribution in [3.8, 4) is 17.6 Å². The molecule has 2 aromatic carbocycles. The zero-order valence-electron chi connectivity index (χ0n) is 17.3. The number of carbonyl (C=O) groups is 1. The van der Waals surface area contributed by atoms with Crippen LogP contribution in [0.15, 0.2) is 54.6 Å². The molecule has 174 valence electrons. The predicted molar refractivity (Wildman–Crippen MR) is 112 cm³/mol. The topological polar surface area (TPSA) is 170 Å². The zero-order valence-corrected chi connectivity index (χ0v) is 17.3. The summed E-state index contributed by atoms with van der Waals surface area (Å²) in [7, 11) is 0. The van der Waals surface area contributed by atoms with Gasteiger partial charge in [0.1, 0.15) is 31.0 Å². The van der Waals surface area contributed by atoms with Gasteiger partial charge < -0.3 is 39.7 Å². The Bertz CT molecular complexity index is 1020. The number of phenolic OH excluding ortho intramolecular Hbond substituents is 2. The highest BCUT2D eigenvalue weighted by molar-refractivity contribution is 5.87. The predicted octanol–water partition coefficient (Wildman–Crippen LogP) is 0.743. The van der Waals surface area contributed by atoms with Crippen molar-refractivity contribution in [1.29, 1.82) is 5.26 Å². The molecule has 3 rings (SSSR count). The van der Waals surface area contributed by atoms with Crippen LogP contribution in [-0.4, -0.2) is 68.8 Å². The molecule has 6 atom stereocenters. The first-order valence-corrected chi connectivity index (χ1v) is 9.96. The summed E-state index contributed by atoms with van der Waals surface area (Å²) in [5, 5.41) is 58.8. The van der Waals surface area contributed by atoms with E-state index in [1.807, 2.05) is 6.07 Å². The number of esters is 1. The second-order valence-electron chi connectivity index (χ2n) is 7.28. The van der Waals surface area contributed by atoms with Crippen LogP contribution in [0.3, 0.4) is 0 Å². The number of nitriles is 1. The van der Waals surface area contributed by atoms with Crippen molar-refractivity contribution in [3.63, 3.8) is 0 Å². The largest absolute Gasteiger partial charge is 0.504 e. The third-order valence-electron chi connectivity index (χ3n) is 4.96. The quantitative estimate of drug-likeness (QED) is 0.227. The molecule has 1 heterocycles. The fourth-order valence-corrected chi connectivity index (χ4v) is 3.13. The molecular weight excluding hydrogens is 434 g/mol. The van der Waals surface area contributed by atoms with Crippen LogP contribution >= 0.6 is 0 Å². The Kier molecular flexibility index (Phi) is 8.00. The van der Waals surface area contributed by atoms with E-state index in [1.165, 1.54) is 24.3 Å². The first kappa shape index (κ1) is 24.2. The summed E-state index contributed by atoms with van der Waals surface area (Å²) < 4.78 is 16.0. The molecule has 33 heavy (non-hydrogen) atoms. The minimum atomic E-state index is -1.67. The number of hydrogen-bond donors (Lipinski definition) is 5. The fraction of sp³-hybridized carbons (Fsp3) is 0.304. The van der Waals surface area contributed by atoms with Gasteiger partial charge in [0.05, 0.1) is 6.07 Å². The van der Waals surface area contributed by atoms with Gasteiger partial charge in [-0.25, -0.2) is 4.79 Å². The maximum absolute atomic E-state index is 12.0. The Labute approximate surface area is 189 Å². The Morgan fingerprint density at radius 1 is 1.06 bits per heavy atom. The molecule has 0 saturated carbocycles. The van der Waals surface area contributed by atoms with Gasteiger partial charge in [-0.05, 0) is 29.3 Å². The lowest BCUT2D eigenvalue weighted by Gasteiger charge is -2.40. The number of hydrogen-bond acceptors (Lipinski definition) is 10. The summed E-state index contributed by atoms with van der Waals surface area (Å²) in [5.41, 5.74) is 0.927. The van der Waals surface area contributed by atoms with Gasteiger partial charge in [0.25, 0.3) is 0 Å². The molecule has 1 saturated heterocycles. The van der Waals surface area contributed by atoms with E-state index in [-0.39, 0.29) is 11.5 Å². The summed E-state index contributed by atoms with van der Waals surface area (Å²) in [6, 6.07) is 14.3. The maximum Gasteiger partial charge on any atom is 0.330 e. The van der Waals surface area contributed by atoms with E-state index in [0.29, 0.717) is 11.1 Å². The molecule has 5 N–H and O–H groups in total. The van der Waals surface area contributed by atoms with E-state index < -0.39 is 49.4 Å². The smallest absolute Gasteiger partial charge is 0.330 e. The van der Waals surface area contributed by atoms with Crippen molar-refractivity contribution in [1.82, 2.24) is 0 Å². The lowest BCUT2D eigenvalue weighted by molar-refractivity contribution is -0.308. The number of aliphatic hydroxyl groups excluding tert-OH is 3. The number of nitrogens with zero attached hydrogens (tertiary/aromatic N) is 1. The van der Waals surface area contributed by atoms with Crippen molar-refractivity contribution >= 4 is 12.0 Å². The zero-order chi connectivity index (χ0) is 24.0. The molecule has 2 aromatic rings. The number of aliphatic hydroxyl groups is 3. The maximum atomic E-state index is 12.0. The molecule has 0 aliphatic carbocycles. The second kappa shape index (κ2) is 10.9. The van der Waals surface area contributed by atoms with Crippen LogP contribution in [0, 0.1) is 11.3 Å². The summed E-state index contributed by atoms with van der Waals surface area (Å²) in [5.74, 6) is -1.47. The van der Waals surface area contributed by atoms with Crippen LogP contribution < -0.4 is 0 Å². The molecule has 10 nitrogen and oxygen atoms in total. The molecule has 0 spiro atoms. The molecule has 0 amide bonds. The molecule has 1 aliphatic rings. The summed E-state index contributed by atoms with van der Waals surface area (Å²) >= 11 is 0. The van der Waals surface area contributed by atoms with Gasteiger partial charge in [-0.15, -0.1) is 0 Å². The van der Waals surface area contributed by atoms with E-state index >= 15 is 0 Å². The van der Waals surface area contributed by atoms with Gasteiger partial charge in [0, 0.05) is 6.08 Å². The van der Waals surface area contributed by atoms with Gasteiger partial charge >= 0.3 is 5.97 Å². The Balaban J connectivity index is 1.61. The molecular formula is C23H23NO9. The van der Waals surface area contributed by atoms with Gasteiger partial charge in [0.2, 0.25) is 0 Å². The molecule has 0 aromatic heterocycles. The van der Waals surface area contributed by atoms with Crippen LogP contribution in [0.5, 0.6) is 11.5 Å². The van der Waals surface area contributed by atoms with Gasteiger partial charge in [-0.2, -0.15) is 5.26 Å². The SMILES string of the molecule is N#C[C@H](OC1OC(COC(=O)/C=C/c2ccc(O)c(O)c2)C(O)C(O)C1O)c1ccccc1. The Morgan fingerprint density at radius 3 is 2.45 bits per heavy atom. The van der Waals surface area contributed by atoms with Crippen molar-refractivity contribution in [3.05, 3.63) is 65.7 Å². The minimum absolute atomic E-state index is 0.304. The number of carbonyl (C=O) groups excluding carboxylic acids is 1. The number of aromatic hydroxyl groups is 2. The highest BCUT2D eigenvalue weighted by Gasteiger charge is 2.45. The van der Waals surface area contributed by atoms with Gasteiger partial charge in [-0.3, -0.25) is 0 Å². The molecule has 0 radical (unpaired) electrons. The van der Waals surface area contributed by atoms with Crippen LogP contribution in [0.4, 0.5) is 0 Å². The fourth-order valence-electron chi connectivity index (χ4n) is 3.13. The molecule has 1 aliphatic heterocycles. The average molecular weight is 457 g/mol. The number of benzene rings is 2. The lowest BCUT2D eigenvalue weighted by Crippen LogP contribution is -2.59. The van der Waals surface area contributed by atoms with Crippen molar-refractivity contribution in [2.24, 2.45) is 0 Å². The normalized spacial score (nSPS) is 25.9. The molecule has 10 heteroatoms. The number of phenols is 2. The standard InChI is InChI=1S/C23H23NO9/c24-11-17(14-4-2-1-3-5-14)32-23-22(30)21(29)20(28)18(33-23)12-31-19(27)9-7-13-6-8-15(25)16(26)10-13/h1-10,17-18,20-23,25-26,28-30H,12H2/b9-7+/t17-,18?,20?,21?,22?,23?/m0/s1. The van der Waals surface area contributed by atoms with Gasteiger partial charge in [0.15, 0.2) is 23.9 Å². The van der Waals surface area contributed by atoms with E-state index in [9.17, 15) is 35.6 Å².